The highest BCUT2D eigenvalue weighted by molar-refractivity contribution is 8.01. The molecular weight excluding hydrogens is 408 g/mol. The van der Waals surface area contributed by atoms with Crippen LogP contribution in [0.1, 0.15) is 36.5 Å². The van der Waals surface area contributed by atoms with E-state index < -0.39 is 0 Å². The molecule has 0 aliphatic rings. The Morgan fingerprint density at radius 2 is 1.63 bits per heavy atom. The monoisotopic (exact) mass is 434 g/mol. The lowest BCUT2D eigenvalue weighted by molar-refractivity contribution is 0.853. The lowest BCUT2D eigenvalue weighted by Crippen LogP contribution is -1.94. The number of rotatable bonds is 5. The second-order valence-electron chi connectivity index (χ2n) is 7.83. The molecule has 4 aromatic rings. The Morgan fingerprint density at radius 1 is 0.933 bits per heavy atom. The van der Waals surface area contributed by atoms with E-state index in [-0.39, 0.29) is 0 Å². The first-order valence-electron chi connectivity index (χ1n) is 10.1. The zero-order chi connectivity index (χ0) is 21.4. The molecule has 0 aliphatic carbocycles. The fraction of sp³-hybridized carbons (Fsp3) is 0.292. The molecule has 0 aliphatic heterocycles. The summed E-state index contributed by atoms with van der Waals surface area (Å²) in [6.07, 6.45) is 2.09. The minimum absolute atomic E-state index is 0.485. The van der Waals surface area contributed by atoms with Gasteiger partial charge in [-0.25, -0.2) is 9.67 Å². The summed E-state index contributed by atoms with van der Waals surface area (Å²) >= 11 is 3.57. The number of nitrogens with zero attached hydrogens (tertiary/aromatic N) is 4. The zero-order valence-electron chi connectivity index (χ0n) is 18.2. The van der Waals surface area contributed by atoms with Crippen LogP contribution < -0.4 is 0 Å². The van der Waals surface area contributed by atoms with Gasteiger partial charge >= 0.3 is 0 Å². The van der Waals surface area contributed by atoms with Crippen molar-refractivity contribution in [3.05, 3.63) is 65.2 Å². The van der Waals surface area contributed by atoms with E-state index in [9.17, 15) is 0 Å². The van der Waals surface area contributed by atoms with E-state index in [0.717, 1.165) is 39.0 Å². The second-order valence-corrected chi connectivity index (χ2v) is 10.6. The van der Waals surface area contributed by atoms with Gasteiger partial charge in [-0.3, -0.25) is 4.98 Å². The summed E-state index contributed by atoms with van der Waals surface area (Å²) in [6, 6.07) is 12.7. The van der Waals surface area contributed by atoms with Gasteiger partial charge < -0.3 is 0 Å². The van der Waals surface area contributed by atoms with E-state index in [1.54, 1.807) is 11.3 Å². The van der Waals surface area contributed by atoms with Crippen molar-refractivity contribution in [2.24, 2.45) is 0 Å². The van der Waals surface area contributed by atoms with E-state index in [4.69, 9.17) is 10.1 Å². The van der Waals surface area contributed by atoms with Gasteiger partial charge in [0.25, 0.3) is 0 Å². The second kappa shape index (κ2) is 8.36. The smallest absolute Gasteiger partial charge is 0.211 e. The van der Waals surface area contributed by atoms with Crippen LogP contribution in [-0.4, -0.2) is 25.0 Å². The first kappa shape index (κ1) is 20.8. The molecule has 0 saturated heterocycles. The van der Waals surface area contributed by atoms with Crippen LogP contribution in [0, 0.1) is 27.7 Å². The Balaban J connectivity index is 1.81. The van der Waals surface area contributed by atoms with Gasteiger partial charge in [-0.05, 0) is 51.0 Å². The third kappa shape index (κ3) is 4.20. The number of hydrogen-bond acceptors (Lipinski definition) is 5. The Kier molecular flexibility index (Phi) is 5.80. The molecule has 0 radical (unpaired) electrons. The Labute approximate surface area is 186 Å². The minimum atomic E-state index is 0.485. The third-order valence-electron chi connectivity index (χ3n) is 4.82. The predicted octanol–water partition coefficient (Wildman–Crippen LogP) is 6.79. The molecule has 0 atom stereocenters. The van der Waals surface area contributed by atoms with Crippen LogP contribution in [-0.2, 0) is 0 Å². The first-order valence-corrected chi connectivity index (χ1v) is 11.8. The van der Waals surface area contributed by atoms with Crippen LogP contribution in [0.3, 0.4) is 0 Å². The van der Waals surface area contributed by atoms with Crippen molar-refractivity contribution in [3.63, 3.8) is 0 Å². The molecular formula is C24H26N4S2. The van der Waals surface area contributed by atoms with E-state index in [2.05, 4.69) is 75.3 Å². The number of aromatic nitrogens is 4. The summed E-state index contributed by atoms with van der Waals surface area (Å²) in [4.78, 5) is 9.53. The molecule has 0 unspecified atom stereocenters. The topological polar surface area (TPSA) is 43.6 Å². The maximum Gasteiger partial charge on any atom is 0.211 e. The fourth-order valence-corrected chi connectivity index (χ4v) is 5.96. The molecule has 30 heavy (non-hydrogen) atoms. The Morgan fingerprint density at radius 3 is 2.30 bits per heavy atom. The zero-order valence-corrected chi connectivity index (χ0v) is 19.9. The molecule has 6 heteroatoms. The van der Waals surface area contributed by atoms with Crippen LogP contribution in [0.15, 0.2) is 46.8 Å². The molecule has 3 aromatic heterocycles. The lowest BCUT2D eigenvalue weighted by Gasteiger charge is -2.06. The number of pyridine rings is 1. The summed E-state index contributed by atoms with van der Waals surface area (Å²) in [7, 11) is 0. The molecule has 0 saturated carbocycles. The minimum Gasteiger partial charge on any atom is -0.258 e. The van der Waals surface area contributed by atoms with Crippen LogP contribution in [0.25, 0.3) is 27.5 Å². The predicted molar refractivity (Wildman–Crippen MR) is 128 cm³/mol. The van der Waals surface area contributed by atoms with E-state index in [1.165, 1.54) is 15.3 Å². The highest BCUT2D eigenvalue weighted by Gasteiger charge is 2.19. The van der Waals surface area contributed by atoms with Crippen molar-refractivity contribution >= 4 is 23.1 Å². The molecule has 4 rings (SSSR count). The van der Waals surface area contributed by atoms with Crippen LogP contribution in [0.4, 0.5) is 0 Å². The van der Waals surface area contributed by atoms with Crippen molar-refractivity contribution in [2.75, 3.05) is 0 Å². The number of aryl methyl sites for hydroxylation is 4. The molecule has 3 heterocycles. The van der Waals surface area contributed by atoms with E-state index in [1.807, 2.05) is 30.3 Å². The highest BCUT2D eigenvalue weighted by atomic mass is 32.2. The molecule has 0 N–H and O–H groups in total. The molecule has 4 nitrogen and oxygen atoms in total. The summed E-state index contributed by atoms with van der Waals surface area (Å²) in [5.41, 5.74) is 8.77. The van der Waals surface area contributed by atoms with Crippen LogP contribution >= 0.6 is 23.1 Å². The van der Waals surface area contributed by atoms with Gasteiger partial charge in [-0.1, -0.05) is 49.4 Å². The molecule has 154 valence electrons. The van der Waals surface area contributed by atoms with E-state index >= 15 is 0 Å². The lowest BCUT2D eigenvalue weighted by atomic mass is 10.1. The van der Waals surface area contributed by atoms with Gasteiger partial charge in [0.15, 0.2) is 0 Å². The Hall–Kier alpha value is -2.44. The summed E-state index contributed by atoms with van der Waals surface area (Å²) in [5, 5.41) is 6.18. The Bertz CT molecular complexity index is 1180. The quantitative estimate of drug-likeness (QED) is 0.324. The standard InChI is InChI=1S/C24H26N4S2/c1-14(2)29-23-22(20-10-8-7-9-15(20)3)26-24(30-23)28-13-21(18(6)27-28)19-11-16(4)25-17(5)12-19/h7-14H,1-6H3. The molecule has 0 amide bonds. The number of thioether (sulfide) groups is 1. The van der Waals surface area contributed by atoms with Crippen molar-refractivity contribution in [2.45, 2.75) is 51.0 Å². The average molecular weight is 435 g/mol. The largest absolute Gasteiger partial charge is 0.258 e. The van der Waals surface area contributed by atoms with Crippen molar-refractivity contribution < 1.29 is 0 Å². The van der Waals surface area contributed by atoms with Crippen LogP contribution in [0.2, 0.25) is 0 Å². The highest BCUT2D eigenvalue weighted by Crippen LogP contribution is 2.40. The fourth-order valence-electron chi connectivity index (χ4n) is 3.53. The van der Waals surface area contributed by atoms with Gasteiger partial charge in [0, 0.05) is 34.0 Å². The van der Waals surface area contributed by atoms with Gasteiger partial charge in [0.1, 0.15) is 0 Å². The summed E-state index contributed by atoms with van der Waals surface area (Å²) in [5.74, 6) is 0. The number of hydrogen-bond donors (Lipinski definition) is 0. The third-order valence-corrected chi connectivity index (χ3v) is 7.07. The van der Waals surface area contributed by atoms with E-state index in [0.29, 0.717) is 5.25 Å². The molecule has 0 bridgehead atoms. The van der Waals surface area contributed by atoms with Gasteiger partial charge in [0.2, 0.25) is 5.13 Å². The molecule has 1 aromatic carbocycles. The molecule has 0 fully saturated rings. The number of benzene rings is 1. The maximum absolute atomic E-state index is 5.03. The maximum atomic E-state index is 5.03. The summed E-state index contributed by atoms with van der Waals surface area (Å²) < 4.78 is 3.16. The normalized spacial score (nSPS) is 11.4. The first-order chi connectivity index (χ1) is 14.3. The number of thiazole rings is 1. The summed E-state index contributed by atoms with van der Waals surface area (Å²) in [6.45, 7) is 12.7. The van der Waals surface area contributed by atoms with Crippen molar-refractivity contribution in [1.29, 1.82) is 0 Å². The molecule has 0 spiro atoms. The van der Waals surface area contributed by atoms with Crippen LogP contribution in [0.5, 0.6) is 0 Å². The van der Waals surface area contributed by atoms with Gasteiger partial charge in [0.05, 0.1) is 15.6 Å². The van der Waals surface area contributed by atoms with Crippen molar-refractivity contribution in [3.8, 4) is 27.5 Å². The van der Waals surface area contributed by atoms with Gasteiger partial charge in [-0.2, -0.15) is 5.10 Å². The SMILES string of the molecule is Cc1cc(-c2cn(-c3nc(-c4ccccc4C)c(SC(C)C)s3)nc2C)cc(C)n1. The average Bonchev–Trinajstić information content (AvgIpc) is 3.24. The van der Waals surface area contributed by atoms with Gasteiger partial charge in [-0.15, -0.1) is 11.8 Å². The van der Waals surface area contributed by atoms with Crippen molar-refractivity contribution in [1.82, 2.24) is 19.7 Å².